The molecule has 0 saturated carbocycles. The molecule has 0 aliphatic carbocycles. The predicted molar refractivity (Wildman–Crippen MR) is 116 cm³/mol. The van der Waals surface area contributed by atoms with E-state index in [1.807, 2.05) is 6.26 Å². The maximum absolute atomic E-state index is 12.6. The Hall–Kier alpha value is -2.49. The fraction of sp³-hybridized carbons (Fsp3) is 0.429. The average molecular weight is 428 g/mol. The van der Waals surface area contributed by atoms with Crippen LogP contribution in [0.15, 0.2) is 35.6 Å². The number of nitrogens with zero attached hydrogens (tertiary/aromatic N) is 4. The van der Waals surface area contributed by atoms with Gasteiger partial charge in [0.05, 0.1) is 36.6 Å². The molecule has 1 saturated heterocycles. The van der Waals surface area contributed by atoms with Crippen LogP contribution < -0.4 is 5.32 Å². The molecule has 0 radical (unpaired) electrons. The molecule has 0 unspecified atom stereocenters. The summed E-state index contributed by atoms with van der Waals surface area (Å²) in [6, 6.07) is 4.25. The molecule has 1 aromatic carbocycles. The molecule has 3 heterocycles. The molecular weight excluding hydrogens is 402 g/mol. The molecule has 1 aliphatic rings. The maximum Gasteiger partial charge on any atom is 0.260 e. The highest BCUT2D eigenvalue weighted by atomic mass is 32.2. The number of amides is 1. The standard InChI is InChI=1S/C21H25N5O3S/c1-28-10-7-26-13-15(11-23-26)21(27)25-18-12-22-19-16(14-5-8-29-9-6-14)3-4-17(30-2)20(19)24-18/h3-4,11-14H,5-10H2,1-2H3,(H,24,25,27). The SMILES string of the molecule is COCCn1cc(C(=O)Nc2cnc3c(C4CCOCC4)ccc(SC)c3n2)cn1. The molecule has 9 heteroatoms. The van der Waals surface area contributed by atoms with Crippen molar-refractivity contribution < 1.29 is 14.3 Å². The third kappa shape index (κ3) is 4.48. The number of nitrogens with one attached hydrogen (secondary N) is 1. The highest BCUT2D eigenvalue weighted by molar-refractivity contribution is 7.98. The van der Waals surface area contributed by atoms with E-state index in [4.69, 9.17) is 14.5 Å². The summed E-state index contributed by atoms with van der Waals surface area (Å²) in [5.74, 6) is 0.583. The third-order valence-corrected chi connectivity index (χ3v) is 6.01. The Morgan fingerprint density at radius 3 is 2.90 bits per heavy atom. The minimum atomic E-state index is -0.265. The van der Waals surface area contributed by atoms with Crippen LogP contribution in [0.4, 0.5) is 5.82 Å². The molecule has 158 valence electrons. The number of fused-ring (bicyclic) bond motifs is 1. The zero-order valence-electron chi connectivity index (χ0n) is 17.1. The van der Waals surface area contributed by atoms with Gasteiger partial charge >= 0.3 is 0 Å². The molecule has 8 nitrogen and oxygen atoms in total. The number of hydrogen-bond donors (Lipinski definition) is 1. The van der Waals surface area contributed by atoms with Crippen LogP contribution in [0.2, 0.25) is 0 Å². The van der Waals surface area contributed by atoms with Crippen molar-refractivity contribution in [2.24, 2.45) is 0 Å². The van der Waals surface area contributed by atoms with Crippen molar-refractivity contribution in [3.63, 3.8) is 0 Å². The fourth-order valence-corrected chi connectivity index (χ4v) is 4.17. The summed E-state index contributed by atoms with van der Waals surface area (Å²) in [7, 11) is 1.63. The summed E-state index contributed by atoms with van der Waals surface area (Å²) in [6.07, 6.45) is 8.85. The Morgan fingerprint density at radius 2 is 2.13 bits per heavy atom. The number of methoxy groups -OCH3 is 1. The van der Waals surface area contributed by atoms with Crippen molar-refractivity contribution in [3.8, 4) is 0 Å². The van der Waals surface area contributed by atoms with Crippen molar-refractivity contribution in [2.45, 2.75) is 30.2 Å². The van der Waals surface area contributed by atoms with Crippen molar-refractivity contribution in [1.82, 2.24) is 19.7 Å². The highest BCUT2D eigenvalue weighted by Crippen LogP contribution is 2.35. The molecule has 1 N–H and O–H groups in total. The number of ether oxygens (including phenoxy) is 2. The Morgan fingerprint density at radius 1 is 1.30 bits per heavy atom. The second-order valence-electron chi connectivity index (χ2n) is 7.14. The summed E-state index contributed by atoms with van der Waals surface area (Å²) in [5, 5.41) is 7.03. The lowest BCUT2D eigenvalue weighted by Crippen LogP contribution is -2.15. The van der Waals surface area contributed by atoms with Crippen molar-refractivity contribution >= 4 is 34.5 Å². The van der Waals surface area contributed by atoms with E-state index in [1.54, 1.807) is 35.9 Å². The Labute approximate surface area is 179 Å². The van der Waals surface area contributed by atoms with E-state index in [0.29, 0.717) is 30.5 Å². The number of benzene rings is 1. The normalized spacial score (nSPS) is 14.9. The summed E-state index contributed by atoms with van der Waals surface area (Å²) in [6.45, 7) is 2.67. The van der Waals surface area contributed by atoms with Crippen LogP contribution in [0.3, 0.4) is 0 Å². The zero-order chi connectivity index (χ0) is 20.9. The van der Waals surface area contributed by atoms with Gasteiger partial charge < -0.3 is 14.8 Å². The van der Waals surface area contributed by atoms with Gasteiger partial charge in [0, 0.05) is 31.4 Å². The first kappa shape index (κ1) is 20.8. The molecule has 30 heavy (non-hydrogen) atoms. The van der Waals surface area contributed by atoms with Crippen LogP contribution in [0, 0.1) is 0 Å². The second-order valence-corrected chi connectivity index (χ2v) is 7.98. The van der Waals surface area contributed by atoms with Gasteiger partial charge in [-0.2, -0.15) is 5.10 Å². The molecule has 0 bridgehead atoms. The number of rotatable bonds is 7. The highest BCUT2D eigenvalue weighted by Gasteiger charge is 2.21. The van der Waals surface area contributed by atoms with Gasteiger partial charge in [0.25, 0.3) is 5.91 Å². The first-order valence-corrected chi connectivity index (χ1v) is 11.2. The second kappa shape index (κ2) is 9.55. The average Bonchev–Trinajstić information content (AvgIpc) is 3.26. The minimum Gasteiger partial charge on any atom is -0.383 e. The van der Waals surface area contributed by atoms with Crippen LogP contribution in [0.25, 0.3) is 11.0 Å². The summed E-state index contributed by atoms with van der Waals surface area (Å²) < 4.78 is 12.2. The van der Waals surface area contributed by atoms with E-state index in [-0.39, 0.29) is 5.91 Å². The molecule has 1 amide bonds. The van der Waals surface area contributed by atoms with Gasteiger partial charge in [0.2, 0.25) is 0 Å². The van der Waals surface area contributed by atoms with Gasteiger partial charge in [0.15, 0.2) is 5.82 Å². The summed E-state index contributed by atoms with van der Waals surface area (Å²) >= 11 is 1.62. The predicted octanol–water partition coefficient (Wildman–Crippen LogP) is 3.34. The molecular formula is C21H25N5O3S. The first-order chi connectivity index (χ1) is 14.7. The monoisotopic (exact) mass is 427 g/mol. The number of hydrogen-bond acceptors (Lipinski definition) is 7. The molecule has 0 atom stereocenters. The van der Waals surface area contributed by atoms with Crippen molar-refractivity contribution in [1.29, 1.82) is 0 Å². The lowest BCUT2D eigenvalue weighted by atomic mass is 9.90. The lowest BCUT2D eigenvalue weighted by Gasteiger charge is -2.23. The van der Waals surface area contributed by atoms with E-state index in [9.17, 15) is 4.79 Å². The topological polar surface area (TPSA) is 91.2 Å². The molecule has 1 fully saturated rings. The Balaban J connectivity index is 1.59. The third-order valence-electron chi connectivity index (χ3n) is 5.24. The smallest absolute Gasteiger partial charge is 0.260 e. The number of carbonyl (C=O) groups excluding carboxylic acids is 1. The van der Waals surface area contributed by atoms with Gasteiger partial charge in [-0.05, 0) is 36.6 Å². The van der Waals surface area contributed by atoms with E-state index in [0.717, 1.165) is 42.0 Å². The molecule has 3 aromatic rings. The molecule has 2 aromatic heterocycles. The van der Waals surface area contributed by atoms with Gasteiger partial charge in [-0.1, -0.05) is 6.07 Å². The van der Waals surface area contributed by atoms with Crippen LogP contribution in [0.1, 0.15) is 34.7 Å². The van der Waals surface area contributed by atoms with Gasteiger partial charge in [-0.15, -0.1) is 11.8 Å². The lowest BCUT2D eigenvalue weighted by molar-refractivity contribution is 0.0855. The Bertz CT molecular complexity index is 1030. The quantitative estimate of drug-likeness (QED) is 0.578. The van der Waals surface area contributed by atoms with E-state index >= 15 is 0 Å². The number of anilines is 1. The van der Waals surface area contributed by atoms with E-state index in [1.165, 1.54) is 11.8 Å². The molecule has 0 spiro atoms. The van der Waals surface area contributed by atoms with Gasteiger partial charge in [-0.3, -0.25) is 14.5 Å². The van der Waals surface area contributed by atoms with Gasteiger partial charge in [0.1, 0.15) is 5.52 Å². The van der Waals surface area contributed by atoms with E-state index in [2.05, 4.69) is 27.5 Å². The first-order valence-electron chi connectivity index (χ1n) is 9.93. The number of aromatic nitrogens is 4. The minimum absolute atomic E-state index is 0.265. The summed E-state index contributed by atoms with van der Waals surface area (Å²) in [5.41, 5.74) is 3.39. The van der Waals surface area contributed by atoms with Crippen molar-refractivity contribution in [2.75, 3.05) is 38.5 Å². The van der Waals surface area contributed by atoms with Crippen molar-refractivity contribution in [3.05, 3.63) is 41.9 Å². The van der Waals surface area contributed by atoms with E-state index < -0.39 is 0 Å². The number of carbonyl (C=O) groups is 1. The number of thioether (sulfide) groups is 1. The maximum atomic E-state index is 12.6. The zero-order valence-corrected chi connectivity index (χ0v) is 17.9. The van der Waals surface area contributed by atoms with Crippen LogP contribution in [-0.2, 0) is 16.0 Å². The van der Waals surface area contributed by atoms with Crippen LogP contribution in [0.5, 0.6) is 0 Å². The van der Waals surface area contributed by atoms with Gasteiger partial charge in [-0.25, -0.2) is 4.98 Å². The summed E-state index contributed by atoms with van der Waals surface area (Å²) in [4.78, 5) is 23.1. The van der Waals surface area contributed by atoms with Crippen LogP contribution in [-0.4, -0.2) is 58.8 Å². The largest absolute Gasteiger partial charge is 0.383 e. The molecule has 1 aliphatic heterocycles. The Kier molecular flexibility index (Phi) is 6.61. The fourth-order valence-electron chi connectivity index (χ4n) is 3.63. The van der Waals surface area contributed by atoms with Crippen LogP contribution >= 0.6 is 11.8 Å². The molecule has 4 rings (SSSR count).